The van der Waals surface area contributed by atoms with Gasteiger partial charge >= 0.3 is 6.61 Å². The van der Waals surface area contributed by atoms with Crippen molar-refractivity contribution in [3.05, 3.63) is 29.8 Å². The Morgan fingerprint density at radius 3 is 2.71 bits per heavy atom. The second kappa shape index (κ2) is 11.6. The van der Waals surface area contributed by atoms with Crippen molar-refractivity contribution in [1.82, 2.24) is 9.80 Å². The minimum Gasteiger partial charge on any atom is -0.493 e. The molecule has 0 radical (unpaired) electrons. The molecule has 0 unspecified atom stereocenters. The molecule has 0 N–H and O–H groups in total. The molecular weight excluding hydrogens is 370 g/mol. The molecule has 0 atom stereocenters. The number of alkyl halides is 2. The Kier molecular flexibility index (Phi) is 9.16. The summed E-state index contributed by atoms with van der Waals surface area (Å²) in [6.45, 7) is 2.01. The number of hydrogen-bond donors (Lipinski definition) is 0. The van der Waals surface area contributed by atoms with E-state index in [1.165, 1.54) is 19.3 Å². The SMILES string of the molecule is COCCCN1CCCN(C(=O)C=Cc2ccc(OC(F)F)c(OC)c2)CC1. The van der Waals surface area contributed by atoms with Crippen molar-refractivity contribution >= 4 is 12.0 Å². The van der Waals surface area contributed by atoms with Gasteiger partial charge in [0.1, 0.15) is 0 Å². The summed E-state index contributed by atoms with van der Waals surface area (Å²) >= 11 is 0. The van der Waals surface area contributed by atoms with Gasteiger partial charge in [0.2, 0.25) is 5.91 Å². The van der Waals surface area contributed by atoms with Crippen molar-refractivity contribution in [1.29, 1.82) is 0 Å². The van der Waals surface area contributed by atoms with Crippen molar-refractivity contribution < 1.29 is 27.8 Å². The van der Waals surface area contributed by atoms with E-state index in [4.69, 9.17) is 9.47 Å². The first-order chi connectivity index (χ1) is 13.5. The first-order valence-electron chi connectivity index (χ1n) is 9.34. The number of methoxy groups -OCH3 is 2. The molecule has 156 valence electrons. The summed E-state index contributed by atoms with van der Waals surface area (Å²) in [6, 6.07) is 4.56. The summed E-state index contributed by atoms with van der Waals surface area (Å²) in [5.41, 5.74) is 0.669. The number of hydrogen-bond acceptors (Lipinski definition) is 5. The van der Waals surface area contributed by atoms with Gasteiger partial charge in [0.25, 0.3) is 0 Å². The zero-order valence-corrected chi connectivity index (χ0v) is 16.4. The van der Waals surface area contributed by atoms with Gasteiger partial charge in [0.05, 0.1) is 7.11 Å². The zero-order valence-electron chi connectivity index (χ0n) is 16.4. The molecule has 1 aliphatic heterocycles. The van der Waals surface area contributed by atoms with Gasteiger partial charge in [-0.05, 0) is 43.2 Å². The highest BCUT2D eigenvalue weighted by atomic mass is 19.3. The Balaban J connectivity index is 1.92. The summed E-state index contributed by atoms with van der Waals surface area (Å²) < 4.78 is 39.3. The molecule has 2 rings (SSSR count). The highest BCUT2D eigenvalue weighted by Gasteiger charge is 2.17. The van der Waals surface area contributed by atoms with E-state index in [-0.39, 0.29) is 17.4 Å². The number of nitrogens with zero attached hydrogens (tertiary/aromatic N) is 2. The predicted molar refractivity (Wildman–Crippen MR) is 103 cm³/mol. The lowest BCUT2D eigenvalue weighted by atomic mass is 10.2. The van der Waals surface area contributed by atoms with E-state index in [1.807, 2.05) is 4.90 Å². The van der Waals surface area contributed by atoms with E-state index in [9.17, 15) is 13.6 Å². The van der Waals surface area contributed by atoms with Crippen LogP contribution in [0.3, 0.4) is 0 Å². The molecule has 6 nitrogen and oxygen atoms in total. The maximum Gasteiger partial charge on any atom is 0.387 e. The average molecular weight is 398 g/mol. The highest BCUT2D eigenvalue weighted by Crippen LogP contribution is 2.29. The third kappa shape index (κ3) is 7.09. The molecule has 0 aromatic heterocycles. The molecule has 1 aromatic rings. The second-order valence-electron chi connectivity index (χ2n) is 6.49. The van der Waals surface area contributed by atoms with E-state index in [2.05, 4.69) is 9.64 Å². The van der Waals surface area contributed by atoms with Gasteiger partial charge in [-0.3, -0.25) is 4.79 Å². The second-order valence-corrected chi connectivity index (χ2v) is 6.49. The molecule has 1 fully saturated rings. The number of carbonyl (C=O) groups is 1. The zero-order chi connectivity index (χ0) is 20.4. The fourth-order valence-electron chi connectivity index (χ4n) is 3.10. The van der Waals surface area contributed by atoms with Gasteiger partial charge in [0, 0.05) is 46.0 Å². The summed E-state index contributed by atoms with van der Waals surface area (Å²) in [5, 5.41) is 0. The smallest absolute Gasteiger partial charge is 0.387 e. The van der Waals surface area contributed by atoms with Gasteiger partial charge in [-0.2, -0.15) is 8.78 Å². The summed E-state index contributed by atoms with van der Waals surface area (Å²) in [6.07, 6.45) is 5.07. The van der Waals surface area contributed by atoms with Crippen LogP contribution in [0, 0.1) is 0 Å². The Bertz CT molecular complexity index is 655. The first kappa shape index (κ1) is 22.1. The van der Waals surface area contributed by atoms with Crippen LogP contribution in [0.25, 0.3) is 6.08 Å². The van der Waals surface area contributed by atoms with Crippen molar-refractivity contribution in [2.75, 3.05) is 53.6 Å². The van der Waals surface area contributed by atoms with E-state index in [1.54, 1.807) is 25.3 Å². The van der Waals surface area contributed by atoms with Crippen LogP contribution in [-0.2, 0) is 9.53 Å². The third-order valence-electron chi connectivity index (χ3n) is 4.55. The van der Waals surface area contributed by atoms with Crippen LogP contribution in [0.4, 0.5) is 8.78 Å². The molecule has 0 spiro atoms. The number of benzene rings is 1. The van der Waals surface area contributed by atoms with Crippen LogP contribution < -0.4 is 9.47 Å². The molecule has 8 heteroatoms. The van der Waals surface area contributed by atoms with Gasteiger partial charge < -0.3 is 24.0 Å². The minimum absolute atomic E-state index is 0.0398. The monoisotopic (exact) mass is 398 g/mol. The first-order valence-corrected chi connectivity index (χ1v) is 9.34. The standard InChI is InChI=1S/C20H28F2N2O4/c1-26-14-4-10-23-9-3-11-24(13-12-23)19(25)8-6-16-5-7-17(28-20(21)22)18(15-16)27-2/h5-8,15,20H,3-4,9-14H2,1-2H3. The summed E-state index contributed by atoms with van der Waals surface area (Å²) in [5.74, 6) is 0.0871. The average Bonchev–Trinajstić information content (AvgIpc) is 2.92. The lowest BCUT2D eigenvalue weighted by Gasteiger charge is -2.21. The van der Waals surface area contributed by atoms with Crippen LogP contribution in [-0.4, -0.2) is 75.9 Å². The fourth-order valence-corrected chi connectivity index (χ4v) is 3.10. The molecule has 28 heavy (non-hydrogen) atoms. The number of carbonyl (C=O) groups excluding carboxylic acids is 1. The molecule has 0 aliphatic carbocycles. The largest absolute Gasteiger partial charge is 0.493 e. The molecule has 0 saturated carbocycles. The van der Waals surface area contributed by atoms with Gasteiger partial charge in [-0.25, -0.2) is 0 Å². The Hall–Kier alpha value is -2.19. The van der Waals surface area contributed by atoms with Crippen molar-refractivity contribution in [3.8, 4) is 11.5 Å². The van der Waals surface area contributed by atoms with Crippen LogP contribution in [0.1, 0.15) is 18.4 Å². The number of amides is 1. The summed E-state index contributed by atoms with van der Waals surface area (Å²) in [4.78, 5) is 16.7. The van der Waals surface area contributed by atoms with E-state index < -0.39 is 6.61 Å². The van der Waals surface area contributed by atoms with E-state index in [0.717, 1.165) is 39.1 Å². The van der Waals surface area contributed by atoms with Crippen molar-refractivity contribution in [2.24, 2.45) is 0 Å². The fraction of sp³-hybridized carbons (Fsp3) is 0.550. The number of rotatable bonds is 9. The third-order valence-corrected chi connectivity index (χ3v) is 4.55. The molecule has 1 amide bonds. The van der Waals surface area contributed by atoms with Gasteiger partial charge in [0.15, 0.2) is 11.5 Å². The quantitative estimate of drug-likeness (QED) is 0.473. The Morgan fingerprint density at radius 1 is 1.18 bits per heavy atom. The van der Waals surface area contributed by atoms with Crippen molar-refractivity contribution in [2.45, 2.75) is 19.5 Å². The normalized spacial score (nSPS) is 15.8. The number of ether oxygens (including phenoxy) is 3. The molecule has 1 aliphatic rings. The van der Waals surface area contributed by atoms with Crippen LogP contribution in [0.5, 0.6) is 11.5 Å². The predicted octanol–water partition coefficient (Wildman–Crippen LogP) is 2.88. The lowest BCUT2D eigenvalue weighted by Crippen LogP contribution is -2.34. The highest BCUT2D eigenvalue weighted by molar-refractivity contribution is 5.91. The summed E-state index contributed by atoms with van der Waals surface area (Å²) in [7, 11) is 3.08. The maximum absolute atomic E-state index is 12.5. The Morgan fingerprint density at radius 2 is 2.00 bits per heavy atom. The lowest BCUT2D eigenvalue weighted by molar-refractivity contribution is -0.125. The van der Waals surface area contributed by atoms with E-state index in [0.29, 0.717) is 18.7 Å². The molecular formula is C20H28F2N2O4. The Labute approximate surface area is 164 Å². The molecule has 1 heterocycles. The van der Waals surface area contributed by atoms with Gasteiger partial charge in [-0.1, -0.05) is 6.07 Å². The topological polar surface area (TPSA) is 51.2 Å². The maximum atomic E-state index is 12.5. The minimum atomic E-state index is -2.92. The molecule has 1 saturated heterocycles. The van der Waals surface area contributed by atoms with E-state index >= 15 is 0 Å². The van der Waals surface area contributed by atoms with Gasteiger partial charge in [-0.15, -0.1) is 0 Å². The van der Waals surface area contributed by atoms with Crippen LogP contribution >= 0.6 is 0 Å². The molecule has 0 bridgehead atoms. The van der Waals surface area contributed by atoms with Crippen LogP contribution in [0.15, 0.2) is 24.3 Å². The number of halogens is 2. The van der Waals surface area contributed by atoms with Crippen molar-refractivity contribution in [3.63, 3.8) is 0 Å². The molecule has 1 aromatic carbocycles. The van der Waals surface area contributed by atoms with Crippen LogP contribution in [0.2, 0.25) is 0 Å².